The van der Waals surface area contributed by atoms with Crippen molar-refractivity contribution in [1.29, 1.82) is 0 Å². The Morgan fingerprint density at radius 2 is 2.22 bits per heavy atom. The maximum absolute atomic E-state index is 12.9. The first kappa shape index (κ1) is 14.4. The van der Waals surface area contributed by atoms with E-state index in [2.05, 4.69) is 10.3 Å². The van der Waals surface area contributed by atoms with E-state index in [1.54, 1.807) is 0 Å². The second kappa shape index (κ2) is 6.30. The predicted molar refractivity (Wildman–Crippen MR) is 65.1 cm³/mol. The number of aromatic nitrogens is 1. The van der Waals surface area contributed by atoms with Crippen LogP contribution in [0, 0.1) is 11.7 Å². The van der Waals surface area contributed by atoms with Crippen LogP contribution in [0.3, 0.4) is 0 Å². The number of halogens is 1. The van der Waals surface area contributed by atoms with Gasteiger partial charge in [-0.1, -0.05) is 13.8 Å². The molecule has 0 saturated heterocycles. The monoisotopic (exact) mass is 256 g/mol. The lowest BCUT2D eigenvalue weighted by molar-refractivity contribution is 0.0697. The Bertz CT molecular complexity index is 424. The number of aliphatic hydroxyl groups is 1. The molecule has 0 bridgehead atoms. The molecule has 0 aliphatic carbocycles. The van der Waals surface area contributed by atoms with Crippen LogP contribution in [0.4, 0.5) is 10.2 Å². The van der Waals surface area contributed by atoms with Crippen LogP contribution in [0.5, 0.6) is 0 Å². The van der Waals surface area contributed by atoms with E-state index in [4.69, 9.17) is 5.11 Å². The van der Waals surface area contributed by atoms with Crippen LogP contribution in [-0.4, -0.2) is 33.8 Å². The normalized spacial score (nSPS) is 12.5. The van der Waals surface area contributed by atoms with Crippen LogP contribution < -0.4 is 5.32 Å². The maximum Gasteiger partial charge on any atom is 0.339 e. The third-order valence-corrected chi connectivity index (χ3v) is 2.40. The summed E-state index contributed by atoms with van der Waals surface area (Å²) in [6, 6.07) is 0.600. The van der Waals surface area contributed by atoms with Gasteiger partial charge in [-0.05, 0) is 18.4 Å². The Labute approximate surface area is 105 Å². The van der Waals surface area contributed by atoms with Crippen molar-refractivity contribution < 1.29 is 19.4 Å². The zero-order valence-corrected chi connectivity index (χ0v) is 10.4. The quantitative estimate of drug-likeness (QED) is 0.722. The molecule has 0 aliphatic rings. The van der Waals surface area contributed by atoms with E-state index in [1.165, 1.54) is 0 Å². The number of pyridine rings is 1. The highest BCUT2D eigenvalue weighted by Crippen LogP contribution is 2.17. The zero-order chi connectivity index (χ0) is 13.7. The van der Waals surface area contributed by atoms with Gasteiger partial charge in [-0.15, -0.1) is 0 Å². The van der Waals surface area contributed by atoms with Crippen molar-refractivity contribution in [1.82, 2.24) is 4.98 Å². The van der Waals surface area contributed by atoms with Crippen LogP contribution in [0.15, 0.2) is 12.3 Å². The summed E-state index contributed by atoms with van der Waals surface area (Å²) in [7, 11) is 0. The van der Waals surface area contributed by atoms with Gasteiger partial charge < -0.3 is 15.5 Å². The zero-order valence-electron chi connectivity index (χ0n) is 10.4. The van der Waals surface area contributed by atoms with Crippen molar-refractivity contribution in [3.05, 3.63) is 23.6 Å². The number of aromatic carboxylic acids is 1. The Balaban J connectivity index is 2.91. The van der Waals surface area contributed by atoms with E-state index < -0.39 is 11.8 Å². The molecule has 100 valence electrons. The minimum absolute atomic E-state index is 0.0728. The number of carbonyl (C=O) groups is 1. The number of hydrogen-bond acceptors (Lipinski definition) is 4. The molecule has 1 atom stereocenters. The molecule has 1 aromatic rings. The second-order valence-corrected chi connectivity index (χ2v) is 4.51. The van der Waals surface area contributed by atoms with Crippen LogP contribution in [0.25, 0.3) is 0 Å². The Hall–Kier alpha value is -1.69. The molecule has 1 heterocycles. The molecule has 0 spiro atoms. The summed E-state index contributed by atoms with van der Waals surface area (Å²) in [5.41, 5.74) is -0.239. The van der Waals surface area contributed by atoms with E-state index in [1.807, 2.05) is 13.8 Å². The number of hydrogen-bond donors (Lipinski definition) is 3. The molecule has 5 nitrogen and oxygen atoms in total. The molecule has 18 heavy (non-hydrogen) atoms. The van der Waals surface area contributed by atoms with Crippen molar-refractivity contribution >= 4 is 11.8 Å². The highest BCUT2D eigenvalue weighted by molar-refractivity contribution is 5.93. The van der Waals surface area contributed by atoms with Crippen molar-refractivity contribution in [2.24, 2.45) is 5.92 Å². The SMILES string of the molecule is CC(C)CC(CO)Nc1ncc(F)cc1C(=O)O. The first-order valence-electron chi connectivity index (χ1n) is 5.70. The fourth-order valence-corrected chi connectivity index (χ4v) is 1.66. The van der Waals surface area contributed by atoms with E-state index in [9.17, 15) is 14.3 Å². The number of carboxylic acid groups (broad SMARTS) is 1. The summed E-state index contributed by atoms with van der Waals surface area (Å²) in [5.74, 6) is -1.56. The summed E-state index contributed by atoms with van der Waals surface area (Å²) >= 11 is 0. The molecule has 6 heteroatoms. The van der Waals surface area contributed by atoms with Crippen molar-refractivity contribution in [3.63, 3.8) is 0 Å². The van der Waals surface area contributed by atoms with Crippen molar-refractivity contribution in [3.8, 4) is 0 Å². The molecule has 0 fully saturated rings. The highest BCUT2D eigenvalue weighted by atomic mass is 19.1. The first-order chi connectivity index (χ1) is 8.43. The van der Waals surface area contributed by atoms with Gasteiger partial charge in [-0.25, -0.2) is 14.2 Å². The number of carboxylic acids is 1. The number of anilines is 1. The lowest BCUT2D eigenvalue weighted by Crippen LogP contribution is -2.27. The highest BCUT2D eigenvalue weighted by Gasteiger charge is 2.17. The van der Waals surface area contributed by atoms with Gasteiger partial charge in [0.25, 0.3) is 0 Å². The van der Waals surface area contributed by atoms with E-state index in [0.29, 0.717) is 12.3 Å². The number of nitrogens with one attached hydrogen (secondary N) is 1. The lowest BCUT2D eigenvalue weighted by atomic mass is 10.0. The Morgan fingerprint density at radius 3 is 2.72 bits per heavy atom. The standard InChI is InChI=1S/C12H17FN2O3/c1-7(2)3-9(6-16)15-11-10(12(17)18)4-8(13)5-14-11/h4-5,7,9,16H,3,6H2,1-2H3,(H,14,15)(H,17,18). The van der Waals surface area contributed by atoms with Gasteiger partial charge in [-0.2, -0.15) is 0 Å². The van der Waals surface area contributed by atoms with Crippen LogP contribution in [0.1, 0.15) is 30.6 Å². The molecular weight excluding hydrogens is 239 g/mol. The first-order valence-corrected chi connectivity index (χ1v) is 5.70. The molecule has 0 amide bonds. The predicted octanol–water partition coefficient (Wildman–Crippen LogP) is 1.74. The van der Waals surface area contributed by atoms with Gasteiger partial charge in [0.05, 0.1) is 18.8 Å². The Kier molecular flexibility index (Phi) is 5.03. The van der Waals surface area contributed by atoms with Gasteiger partial charge >= 0.3 is 5.97 Å². The summed E-state index contributed by atoms with van der Waals surface area (Å²) in [4.78, 5) is 14.7. The third-order valence-electron chi connectivity index (χ3n) is 2.40. The van der Waals surface area contributed by atoms with Crippen LogP contribution in [-0.2, 0) is 0 Å². The van der Waals surface area contributed by atoms with E-state index in [0.717, 1.165) is 12.3 Å². The van der Waals surface area contributed by atoms with Gasteiger partial charge in [0, 0.05) is 0 Å². The molecule has 1 unspecified atom stereocenters. The average Bonchev–Trinajstić information content (AvgIpc) is 2.29. The van der Waals surface area contributed by atoms with E-state index >= 15 is 0 Å². The minimum Gasteiger partial charge on any atom is -0.478 e. The summed E-state index contributed by atoms with van der Waals surface area (Å²) in [5, 5.41) is 21.0. The molecule has 1 rings (SSSR count). The molecule has 0 aliphatic heterocycles. The summed E-state index contributed by atoms with van der Waals surface area (Å²) in [6.45, 7) is 3.83. The van der Waals surface area contributed by atoms with Gasteiger partial charge in [-0.3, -0.25) is 0 Å². The maximum atomic E-state index is 12.9. The topological polar surface area (TPSA) is 82.5 Å². The smallest absolute Gasteiger partial charge is 0.339 e. The number of aliphatic hydroxyl groups excluding tert-OH is 1. The molecular formula is C12H17FN2O3. The molecule has 0 saturated carbocycles. The summed E-state index contributed by atoms with van der Waals surface area (Å²) in [6.07, 6.45) is 1.60. The van der Waals surface area contributed by atoms with Gasteiger partial charge in [0.15, 0.2) is 0 Å². The van der Waals surface area contributed by atoms with Gasteiger partial charge in [0.2, 0.25) is 0 Å². The van der Waals surface area contributed by atoms with Crippen LogP contribution in [0.2, 0.25) is 0 Å². The van der Waals surface area contributed by atoms with Crippen LogP contribution >= 0.6 is 0 Å². The molecule has 1 aromatic heterocycles. The Morgan fingerprint density at radius 1 is 1.56 bits per heavy atom. The largest absolute Gasteiger partial charge is 0.478 e. The second-order valence-electron chi connectivity index (χ2n) is 4.51. The molecule has 0 radical (unpaired) electrons. The lowest BCUT2D eigenvalue weighted by Gasteiger charge is -2.19. The van der Waals surface area contributed by atoms with Crippen molar-refractivity contribution in [2.75, 3.05) is 11.9 Å². The summed E-state index contributed by atoms with van der Waals surface area (Å²) < 4.78 is 12.9. The number of rotatable bonds is 6. The fourth-order valence-electron chi connectivity index (χ4n) is 1.66. The van der Waals surface area contributed by atoms with Gasteiger partial charge in [0.1, 0.15) is 17.2 Å². The fraction of sp³-hybridized carbons (Fsp3) is 0.500. The third kappa shape index (κ3) is 3.96. The number of nitrogens with zero attached hydrogens (tertiary/aromatic N) is 1. The molecule has 0 aromatic carbocycles. The molecule has 3 N–H and O–H groups in total. The average molecular weight is 256 g/mol. The van der Waals surface area contributed by atoms with E-state index in [-0.39, 0.29) is 24.0 Å². The van der Waals surface area contributed by atoms with Crippen molar-refractivity contribution in [2.45, 2.75) is 26.3 Å². The minimum atomic E-state index is -1.26.